The molecular formula is C17H26N2O2. The SMILES string of the molecule is CCOC(=O)N1CCC(NCCCc2ccccc2)CC1. The van der Waals surface area contributed by atoms with Gasteiger partial charge in [-0.1, -0.05) is 30.3 Å². The maximum absolute atomic E-state index is 11.6. The number of carbonyl (C=O) groups is 1. The highest BCUT2D eigenvalue weighted by atomic mass is 16.6. The number of benzene rings is 1. The highest BCUT2D eigenvalue weighted by molar-refractivity contribution is 5.67. The summed E-state index contributed by atoms with van der Waals surface area (Å²) >= 11 is 0. The number of hydrogen-bond donors (Lipinski definition) is 1. The monoisotopic (exact) mass is 290 g/mol. The molecule has 1 aliphatic heterocycles. The third-order valence-electron chi connectivity index (χ3n) is 3.94. The maximum Gasteiger partial charge on any atom is 0.409 e. The summed E-state index contributed by atoms with van der Waals surface area (Å²) in [7, 11) is 0. The van der Waals surface area contributed by atoms with Crippen molar-refractivity contribution in [3.05, 3.63) is 35.9 Å². The summed E-state index contributed by atoms with van der Waals surface area (Å²) in [6.07, 6.45) is 4.14. The normalized spacial score (nSPS) is 16.0. The highest BCUT2D eigenvalue weighted by Gasteiger charge is 2.22. The zero-order valence-corrected chi connectivity index (χ0v) is 12.9. The summed E-state index contributed by atoms with van der Waals surface area (Å²) in [5.74, 6) is 0. The third kappa shape index (κ3) is 5.38. The van der Waals surface area contributed by atoms with Gasteiger partial charge >= 0.3 is 6.09 Å². The quantitative estimate of drug-likeness (QED) is 0.819. The van der Waals surface area contributed by atoms with Gasteiger partial charge in [-0.25, -0.2) is 4.79 Å². The van der Waals surface area contributed by atoms with Gasteiger partial charge in [0.25, 0.3) is 0 Å². The zero-order valence-electron chi connectivity index (χ0n) is 12.9. The molecule has 1 aromatic carbocycles. The minimum atomic E-state index is -0.167. The molecule has 2 rings (SSSR count). The molecule has 4 nitrogen and oxygen atoms in total. The molecule has 0 saturated carbocycles. The summed E-state index contributed by atoms with van der Waals surface area (Å²) in [5, 5.41) is 3.60. The molecule has 0 aliphatic carbocycles. The summed E-state index contributed by atoms with van der Waals surface area (Å²) in [5.41, 5.74) is 1.40. The molecule has 1 aliphatic rings. The zero-order chi connectivity index (χ0) is 14.9. The molecule has 1 N–H and O–H groups in total. The second-order valence-electron chi connectivity index (χ2n) is 5.50. The van der Waals surface area contributed by atoms with E-state index in [0.717, 1.165) is 45.3 Å². The lowest BCUT2D eigenvalue weighted by Gasteiger charge is -2.31. The van der Waals surface area contributed by atoms with E-state index in [9.17, 15) is 4.79 Å². The number of carbonyl (C=O) groups excluding carboxylic acids is 1. The molecule has 1 aromatic rings. The molecule has 1 heterocycles. The van der Waals surface area contributed by atoms with Crippen molar-refractivity contribution in [3.8, 4) is 0 Å². The maximum atomic E-state index is 11.6. The van der Waals surface area contributed by atoms with Crippen molar-refractivity contribution in [1.82, 2.24) is 10.2 Å². The second kappa shape index (κ2) is 8.67. The fraction of sp³-hybridized carbons (Fsp3) is 0.588. The first-order valence-electron chi connectivity index (χ1n) is 7.98. The van der Waals surface area contributed by atoms with Gasteiger partial charge in [0.1, 0.15) is 0 Å². The minimum Gasteiger partial charge on any atom is -0.450 e. The number of hydrogen-bond acceptors (Lipinski definition) is 3. The van der Waals surface area contributed by atoms with Gasteiger partial charge in [0.15, 0.2) is 0 Å². The number of likely N-dealkylation sites (tertiary alicyclic amines) is 1. The Labute approximate surface area is 127 Å². The molecule has 4 heteroatoms. The molecule has 0 unspecified atom stereocenters. The van der Waals surface area contributed by atoms with Gasteiger partial charge < -0.3 is 15.0 Å². The van der Waals surface area contributed by atoms with Gasteiger partial charge in [-0.05, 0) is 44.7 Å². The number of aryl methyl sites for hydroxylation is 1. The van der Waals surface area contributed by atoms with E-state index in [1.54, 1.807) is 0 Å². The first-order chi connectivity index (χ1) is 10.3. The lowest BCUT2D eigenvalue weighted by molar-refractivity contribution is 0.0951. The van der Waals surface area contributed by atoms with E-state index in [0.29, 0.717) is 12.6 Å². The van der Waals surface area contributed by atoms with E-state index < -0.39 is 0 Å². The van der Waals surface area contributed by atoms with Crippen LogP contribution in [0.25, 0.3) is 0 Å². The minimum absolute atomic E-state index is 0.167. The van der Waals surface area contributed by atoms with E-state index in [4.69, 9.17) is 4.74 Å². The van der Waals surface area contributed by atoms with Crippen LogP contribution in [0.1, 0.15) is 31.7 Å². The Morgan fingerprint density at radius 2 is 2.00 bits per heavy atom. The molecular weight excluding hydrogens is 264 g/mol. The van der Waals surface area contributed by atoms with E-state index in [2.05, 4.69) is 35.6 Å². The van der Waals surface area contributed by atoms with Crippen LogP contribution in [0.2, 0.25) is 0 Å². The molecule has 0 bridgehead atoms. The number of piperidine rings is 1. The summed E-state index contributed by atoms with van der Waals surface area (Å²) in [6, 6.07) is 11.1. The van der Waals surface area contributed by atoms with Gasteiger partial charge in [0.05, 0.1) is 6.61 Å². The van der Waals surface area contributed by atoms with Crippen LogP contribution in [0.4, 0.5) is 4.79 Å². The number of ether oxygens (including phenoxy) is 1. The van der Waals surface area contributed by atoms with Crippen LogP contribution in [0.3, 0.4) is 0 Å². The Morgan fingerprint density at radius 3 is 2.67 bits per heavy atom. The Kier molecular flexibility index (Phi) is 6.54. The van der Waals surface area contributed by atoms with Crippen molar-refractivity contribution in [3.63, 3.8) is 0 Å². The smallest absolute Gasteiger partial charge is 0.409 e. The molecule has 1 fully saturated rings. The molecule has 0 spiro atoms. The van der Waals surface area contributed by atoms with Crippen LogP contribution in [-0.4, -0.2) is 43.3 Å². The standard InChI is InChI=1S/C17H26N2O2/c1-2-21-17(20)19-13-10-16(11-14-19)18-12-6-9-15-7-4-3-5-8-15/h3-5,7-8,16,18H,2,6,9-14H2,1H3. The third-order valence-corrected chi connectivity index (χ3v) is 3.94. The van der Waals surface area contributed by atoms with Gasteiger partial charge in [0.2, 0.25) is 0 Å². The summed E-state index contributed by atoms with van der Waals surface area (Å²) in [4.78, 5) is 13.4. The van der Waals surface area contributed by atoms with Gasteiger partial charge in [-0.3, -0.25) is 0 Å². The van der Waals surface area contributed by atoms with Crippen LogP contribution in [0, 0.1) is 0 Å². The summed E-state index contributed by atoms with van der Waals surface area (Å²) < 4.78 is 5.03. The number of rotatable bonds is 6. The van der Waals surface area contributed by atoms with Crippen molar-refractivity contribution in [1.29, 1.82) is 0 Å². The Bertz CT molecular complexity index is 414. The van der Waals surface area contributed by atoms with Crippen LogP contribution in [0.15, 0.2) is 30.3 Å². The second-order valence-corrected chi connectivity index (χ2v) is 5.50. The van der Waals surface area contributed by atoms with Crippen LogP contribution < -0.4 is 5.32 Å². The van der Waals surface area contributed by atoms with Crippen molar-refractivity contribution < 1.29 is 9.53 Å². The van der Waals surface area contributed by atoms with Crippen molar-refractivity contribution in [2.75, 3.05) is 26.2 Å². The number of nitrogens with one attached hydrogen (secondary N) is 1. The van der Waals surface area contributed by atoms with Crippen LogP contribution in [0.5, 0.6) is 0 Å². The van der Waals surface area contributed by atoms with Crippen molar-refractivity contribution in [2.24, 2.45) is 0 Å². The van der Waals surface area contributed by atoms with E-state index in [1.165, 1.54) is 5.56 Å². The van der Waals surface area contributed by atoms with E-state index in [-0.39, 0.29) is 6.09 Å². The van der Waals surface area contributed by atoms with E-state index >= 15 is 0 Å². The molecule has 1 amide bonds. The fourth-order valence-electron chi connectivity index (χ4n) is 2.72. The molecule has 21 heavy (non-hydrogen) atoms. The number of amides is 1. The Balaban J connectivity index is 1.58. The summed E-state index contributed by atoms with van der Waals surface area (Å²) in [6.45, 7) is 4.94. The number of nitrogens with zero attached hydrogens (tertiary/aromatic N) is 1. The highest BCUT2D eigenvalue weighted by Crippen LogP contribution is 2.11. The molecule has 0 atom stereocenters. The van der Waals surface area contributed by atoms with E-state index in [1.807, 2.05) is 11.8 Å². The van der Waals surface area contributed by atoms with Gasteiger partial charge in [0, 0.05) is 19.1 Å². The van der Waals surface area contributed by atoms with Crippen LogP contribution >= 0.6 is 0 Å². The average molecular weight is 290 g/mol. The molecule has 116 valence electrons. The Morgan fingerprint density at radius 1 is 1.29 bits per heavy atom. The molecule has 1 saturated heterocycles. The van der Waals surface area contributed by atoms with Gasteiger partial charge in [-0.15, -0.1) is 0 Å². The van der Waals surface area contributed by atoms with Crippen molar-refractivity contribution in [2.45, 2.75) is 38.6 Å². The molecule has 0 radical (unpaired) electrons. The van der Waals surface area contributed by atoms with Crippen molar-refractivity contribution >= 4 is 6.09 Å². The largest absolute Gasteiger partial charge is 0.450 e. The van der Waals surface area contributed by atoms with Crippen LogP contribution in [-0.2, 0) is 11.2 Å². The Hall–Kier alpha value is -1.55. The lowest BCUT2D eigenvalue weighted by atomic mass is 10.0. The average Bonchev–Trinajstić information content (AvgIpc) is 2.53. The first-order valence-corrected chi connectivity index (χ1v) is 7.98. The van der Waals surface area contributed by atoms with Gasteiger partial charge in [-0.2, -0.15) is 0 Å². The predicted octanol–water partition coefficient (Wildman–Crippen LogP) is 2.83. The topological polar surface area (TPSA) is 41.6 Å². The fourth-order valence-corrected chi connectivity index (χ4v) is 2.72. The first kappa shape index (κ1) is 15.8. The predicted molar refractivity (Wildman–Crippen MR) is 84.4 cm³/mol. The molecule has 0 aromatic heterocycles. The lowest BCUT2D eigenvalue weighted by Crippen LogP contribution is -2.45.